The second-order valence-electron chi connectivity index (χ2n) is 14.3. The molecule has 1 unspecified atom stereocenters. The summed E-state index contributed by atoms with van der Waals surface area (Å²) in [7, 11) is 0. The first-order valence-electron chi connectivity index (χ1n) is 17.0. The van der Waals surface area contributed by atoms with Crippen LogP contribution in [0.5, 0.6) is 0 Å². The van der Waals surface area contributed by atoms with Gasteiger partial charge in [-0.15, -0.1) is 0 Å². The van der Waals surface area contributed by atoms with Crippen LogP contribution in [0.25, 0.3) is 10.9 Å². The van der Waals surface area contributed by atoms with Gasteiger partial charge < -0.3 is 30.1 Å². The zero-order valence-corrected chi connectivity index (χ0v) is 27.4. The molecular formula is C35H53N5O5. The second kappa shape index (κ2) is 15.6. The van der Waals surface area contributed by atoms with Crippen LogP contribution in [0.4, 0.5) is 10.6 Å². The highest BCUT2D eigenvalue weighted by Gasteiger charge is 2.27. The maximum atomic E-state index is 13.6. The van der Waals surface area contributed by atoms with Crippen LogP contribution in [0.15, 0.2) is 30.3 Å². The summed E-state index contributed by atoms with van der Waals surface area (Å²) in [5, 5.41) is 17.7. The molecule has 2 aromatic rings. The number of carbonyl (C=O) groups is 2. The first-order valence-corrected chi connectivity index (χ1v) is 17.0. The number of para-hydroxylation sites is 1. The minimum absolute atomic E-state index is 0.0512. The van der Waals surface area contributed by atoms with Crippen LogP contribution in [-0.2, 0) is 9.47 Å². The third-order valence-corrected chi connectivity index (χ3v) is 9.52. The van der Waals surface area contributed by atoms with Crippen molar-refractivity contribution >= 4 is 28.7 Å². The maximum Gasteiger partial charge on any atom is 0.407 e. The van der Waals surface area contributed by atoms with E-state index in [0.29, 0.717) is 36.4 Å². The summed E-state index contributed by atoms with van der Waals surface area (Å²) in [6, 6.07) is 9.85. The quantitative estimate of drug-likeness (QED) is 0.352. The average Bonchev–Trinajstić information content (AvgIpc) is 3.02. The second-order valence-corrected chi connectivity index (χ2v) is 14.3. The largest absolute Gasteiger partial charge is 0.444 e. The van der Waals surface area contributed by atoms with Crippen molar-refractivity contribution in [2.75, 3.05) is 63.9 Å². The highest BCUT2D eigenvalue weighted by atomic mass is 16.6. The number of piperidine rings is 1. The lowest BCUT2D eigenvalue weighted by atomic mass is 9.82. The number of aromatic nitrogens is 1. The Morgan fingerprint density at radius 1 is 0.956 bits per heavy atom. The Hall–Kier alpha value is -2.95. The highest BCUT2D eigenvalue weighted by Crippen LogP contribution is 2.30. The van der Waals surface area contributed by atoms with Crippen molar-refractivity contribution in [3.63, 3.8) is 0 Å². The predicted octanol–water partition coefficient (Wildman–Crippen LogP) is 4.60. The van der Waals surface area contributed by atoms with E-state index in [1.165, 1.54) is 0 Å². The molecule has 0 spiro atoms. The number of ether oxygens (including phenoxy) is 2. The number of nitrogens with one attached hydrogen (secondary N) is 2. The molecule has 1 aromatic carbocycles. The van der Waals surface area contributed by atoms with Gasteiger partial charge in [-0.1, -0.05) is 18.2 Å². The van der Waals surface area contributed by atoms with E-state index in [4.69, 9.17) is 14.5 Å². The molecule has 3 aliphatic rings. The van der Waals surface area contributed by atoms with Crippen molar-refractivity contribution in [2.45, 2.75) is 77.4 Å². The van der Waals surface area contributed by atoms with Crippen LogP contribution < -0.4 is 15.5 Å². The van der Waals surface area contributed by atoms with Gasteiger partial charge in [0.25, 0.3) is 5.91 Å². The molecule has 1 aliphatic carbocycles. The van der Waals surface area contributed by atoms with Gasteiger partial charge in [-0.2, -0.15) is 0 Å². The molecule has 3 heterocycles. The number of morpholine rings is 1. The van der Waals surface area contributed by atoms with Gasteiger partial charge in [0.05, 0.1) is 30.4 Å². The molecule has 3 N–H and O–H groups in total. The normalized spacial score (nSPS) is 22.6. The number of fused-ring (bicyclic) bond motifs is 1. The number of benzene rings is 1. The lowest BCUT2D eigenvalue weighted by Gasteiger charge is -2.35. The lowest BCUT2D eigenvalue weighted by molar-refractivity contribution is 0.00914. The van der Waals surface area contributed by atoms with Crippen molar-refractivity contribution in [3.8, 4) is 0 Å². The third-order valence-electron chi connectivity index (χ3n) is 9.52. The standard InChI is InChI=1S/C35H53N5O5/c1-35(2,3)45-34(43)37-23-27-10-8-26(9-11-27)22-36-33(42)30-21-32(38-31-7-5-4-6-29(30)31)40-14-12-25(13-15-40)20-28(41)24-39-16-18-44-19-17-39/h4-7,21,25-28,41H,8-20,22-24H2,1-3H3,(H,36,42)(H,37,43). The smallest absolute Gasteiger partial charge is 0.407 e. The topological polar surface area (TPSA) is 116 Å². The van der Waals surface area contributed by atoms with E-state index in [-0.39, 0.29) is 18.1 Å². The number of anilines is 1. The van der Waals surface area contributed by atoms with Gasteiger partial charge in [-0.25, -0.2) is 9.78 Å². The number of amides is 2. The summed E-state index contributed by atoms with van der Waals surface area (Å²) in [5.74, 6) is 2.16. The van der Waals surface area contributed by atoms with Crippen molar-refractivity contribution < 1.29 is 24.2 Å². The molecule has 248 valence electrons. The molecule has 0 bridgehead atoms. The van der Waals surface area contributed by atoms with E-state index in [2.05, 4.69) is 20.4 Å². The molecule has 3 fully saturated rings. The summed E-state index contributed by atoms with van der Waals surface area (Å²) in [4.78, 5) is 35.1. The summed E-state index contributed by atoms with van der Waals surface area (Å²) in [5.41, 5.74) is 1.01. The SMILES string of the molecule is CC(C)(C)OC(=O)NCC1CCC(CNC(=O)c2cc(N3CCC(CC(O)CN4CCOCC4)CC3)nc3ccccc23)CC1. The van der Waals surface area contributed by atoms with Gasteiger partial charge >= 0.3 is 6.09 Å². The number of β-amino-alcohol motifs (C(OH)–C–C–N with tert-alkyl or cyclic N) is 1. The molecule has 5 rings (SSSR count). The number of alkyl carbamates (subject to hydrolysis) is 1. The molecular weight excluding hydrogens is 570 g/mol. The van der Waals surface area contributed by atoms with Crippen LogP contribution >= 0.6 is 0 Å². The van der Waals surface area contributed by atoms with Crippen LogP contribution in [0, 0.1) is 17.8 Å². The Morgan fingerprint density at radius 2 is 1.60 bits per heavy atom. The number of hydrogen-bond donors (Lipinski definition) is 3. The number of rotatable bonds is 10. The van der Waals surface area contributed by atoms with Gasteiger partial charge in [-0.3, -0.25) is 9.69 Å². The molecule has 2 saturated heterocycles. The van der Waals surface area contributed by atoms with E-state index in [1.54, 1.807) is 0 Å². The van der Waals surface area contributed by atoms with Gasteiger partial charge in [0.15, 0.2) is 0 Å². The molecule has 45 heavy (non-hydrogen) atoms. The van der Waals surface area contributed by atoms with Crippen molar-refractivity contribution in [2.24, 2.45) is 17.8 Å². The Labute approximate surface area is 268 Å². The number of pyridine rings is 1. The van der Waals surface area contributed by atoms with E-state index in [0.717, 1.165) is 108 Å². The number of aliphatic hydroxyl groups excluding tert-OH is 1. The fourth-order valence-corrected chi connectivity index (χ4v) is 6.96. The van der Waals surface area contributed by atoms with Gasteiger partial charge in [-0.05, 0) is 95.6 Å². The number of carbonyl (C=O) groups excluding carboxylic acids is 2. The number of hydrogen-bond acceptors (Lipinski definition) is 8. The molecule has 2 amide bonds. The molecule has 1 aromatic heterocycles. The van der Waals surface area contributed by atoms with Gasteiger partial charge in [0.1, 0.15) is 11.4 Å². The summed E-state index contributed by atoms with van der Waals surface area (Å²) in [6.07, 6.45) is 6.28. The number of nitrogens with zero attached hydrogens (tertiary/aromatic N) is 3. The monoisotopic (exact) mass is 623 g/mol. The van der Waals surface area contributed by atoms with Crippen LogP contribution in [0.2, 0.25) is 0 Å². The Bertz CT molecular complexity index is 1260. The van der Waals surface area contributed by atoms with Crippen molar-refractivity contribution in [1.29, 1.82) is 0 Å². The summed E-state index contributed by atoms with van der Waals surface area (Å²) in [6.45, 7) is 12.6. The van der Waals surface area contributed by atoms with Crippen LogP contribution in [-0.4, -0.2) is 97.7 Å². The molecule has 2 aliphatic heterocycles. The summed E-state index contributed by atoms with van der Waals surface area (Å²) >= 11 is 0. The maximum absolute atomic E-state index is 13.6. The first-order chi connectivity index (χ1) is 21.6. The predicted molar refractivity (Wildman–Crippen MR) is 177 cm³/mol. The molecule has 10 heteroatoms. The Kier molecular flexibility index (Phi) is 11.6. The highest BCUT2D eigenvalue weighted by molar-refractivity contribution is 6.07. The Balaban J connectivity index is 1.11. The summed E-state index contributed by atoms with van der Waals surface area (Å²) < 4.78 is 10.8. The fraction of sp³-hybridized carbons (Fsp3) is 0.686. The van der Waals surface area contributed by atoms with E-state index < -0.39 is 5.60 Å². The molecule has 0 radical (unpaired) electrons. The lowest BCUT2D eigenvalue weighted by Crippen LogP contribution is -2.42. The third kappa shape index (κ3) is 10.0. The number of aliphatic hydroxyl groups is 1. The molecule has 10 nitrogen and oxygen atoms in total. The van der Waals surface area contributed by atoms with Crippen LogP contribution in [0.3, 0.4) is 0 Å². The molecule has 1 atom stereocenters. The fourth-order valence-electron chi connectivity index (χ4n) is 6.96. The zero-order valence-electron chi connectivity index (χ0n) is 27.4. The Morgan fingerprint density at radius 3 is 2.27 bits per heavy atom. The average molecular weight is 624 g/mol. The minimum atomic E-state index is -0.495. The van der Waals surface area contributed by atoms with Crippen molar-refractivity contribution in [1.82, 2.24) is 20.5 Å². The van der Waals surface area contributed by atoms with Gasteiger partial charge in [0, 0.05) is 51.2 Å². The first kappa shape index (κ1) is 33.4. The minimum Gasteiger partial charge on any atom is -0.444 e. The van der Waals surface area contributed by atoms with Crippen LogP contribution in [0.1, 0.15) is 76.1 Å². The van der Waals surface area contributed by atoms with Gasteiger partial charge in [0.2, 0.25) is 0 Å². The van der Waals surface area contributed by atoms with E-state index in [9.17, 15) is 14.7 Å². The van der Waals surface area contributed by atoms with E-state index >= 15 is 0 Å². The van der Waals surface area contributed by atoms with Crippen molar-refractivity contribution in [3.05, 3.63) is 35.9 Å². The zero-order chi connectivity index (χ0) is 31.8. The van der Waals surface area contributed by atoms with E-state index in [1.807, 2.05) is 51.1 Å². The molecule has 1 saturated carbocycles.